The van der Waals surface area contributed by atoms with E-state index in [1.807, 2.05) is 48.5 Å². The van der Waals surface area contributed by atoms with Crippen molar-refractivity contribution in [3.8, 4) is 5.75 Å². The predicted octanol–water partition coefficient (Wildman–Crippen LogP) is 4.37. The Labute approximate surface area is 148 Å². The van der Waals surface area contributed by atoms with Gasteiger partial charge in [-0.1, -0.05) is 42.5 Å². The maximum absolute atomic E-state index is 12.2. The Balaban J connectivity index is 1.88. The van der Waals surface area contributed by atoms with Crippen LogP contribution < -0.4 is 10.2 Å². The van der Waals surface area contributed by atoms with Gasteiger partial charge in [-0.25, -0.2) is 5.43 Å². The number of nitrogens with zero attached hydrogens (tertiary/aromatic N) is 1. The number of fused-ring (bicyclic) bond motifs is 1. The molecule has 0 bridgehead atoms. The molecule has 120 valence electrons. The van der Waals surface area contributed by atoms with Crippen LogP contribution in [0.1, 0.15) is 15.9 Å². The smallest absolute Gasteiger partial charge is 0.272 e. The molecule has 5 heteroatoms. The molecule has 24 heavy (non-hydrogen) atoms. The van der Waals surface area contributed by atoms with Crippen molar-refractivity contribution < 1.29 is 9.53 Å². The number of carbonyl (C=O) groups excluding carboxylic acids is 1. The number of halogens is 1. The summed E-state index contributed by atoms with van der Waals surface area (Å²) in [5.41, 5.74) is 3.90. The van der Waals surface area contributed by atoms with Crippen molar-refractivity contribution in [2.45, 2.75) is 0 Å². The zero-order valence-electron chi connectivity index (χ0n) is 13.0. The lowest BCUT2D eigenvalue weighted by atomic mass is 10.0. The highest BCUT2D eigenvalue weighted by Gasteiger charge is 2.09. The second-order valence-electron chi connectivity index (χ2n) is 5.08. The third kappa shape index (κ3) is 3.31. The number of nitrogens with one attached hydrogen (secondary N) is 1. The lowest BCUT2D eigenvalue weighted by Gasteiger charge is -2.08. The maximum Gasteiger partial charge on any atom is 0.272 e. The zero-order valence-corrected chi connectivity index (χ0v) is 14.6. The molecule has 1 amide bonds. The van der Waals surface area contributed by atoms with Crippen LogP contribution in [0, 0.1) is 0 Å². The van der Waals surface area contributed by atoms with Crippen LogP contribution >= 0.6 is 15.9 Å². The molecule has 3 rings (SSSR count). The standard InChI is InChI=1S/C19H15BrN2O2/c1-24-18-11-10-13-6-2-3-7-14(13)16(18)12-21-22-19(23)15-8-4-5-9-17(15)20/h2-12H,1H3,(H,22,23)/b21-12+. The van der Waals surface area contributed by atoms with E-state index in [1.54, 1.807) is 25.5 Å². The third-order valence-electron chi connectivity index (χ3n) is 3.63. The Hall–Kier alpha value is -2.66. The van der Waals surface area contributed by atoms with E-state index in [0.717, 1.165) is 20.8 Å². The second kappa shape index (κ2) is 7.27. The molecule has 1 N–H and O–H groups in total. The van der Waals surface area contributed by atoms with Gasteiger partial charge in [0.2, 0.25) is 0 Å². The lowest BCUT2D eigenvalue weighted by Crippen LogP contribution is -2.18. The molecule has 0 saturated heterocycles. The first-order valence-electron chi connectivity index (χ1n) is 7.34. The summed E-state index contributed by atoms with van der Waals surface area (Å²) < 4.78 is 6.13. The molecule has 0 aliphatic heterocycles. The molecule has 0 aliphatic rings. The number of hydrazone groups is 1. The van der Waals surface area contributed by atoms with E-state index in [4.69, 9.17) is 4.74 Å². The van der Waals surface area contributed by atoms with Crippen LogP contribution in [-0.2, 0) is 0 Å². The maximum atomic E-state index is 12.2. The largest absolute Gasteiger partial charge is 0.496 e. The van der Waals surface area contributed by atoms with Crippen LogP contribution in [0.5, 0.6) is 5.75 Å². The average molecular weight is 383 g/mol. The molecule has 0 aliphatic carbocycles. The minimum Gasteiger partial charge on any atom is -0.496 e. The van der Waals surface area contributed by atoms with Gasteiger partial charge in [-0.3, -0.25) is 4.79 Å². The van der Waals surface area contributed by atoms with Crippen LogP contribution in [0.25, 0.3) is 10.8 Å². The fraction of sp³-hybridized carbons (Fsp3) is 0.0526. The predicted molar refractivity (Wildman–Crippen MR) is 99.7 cm³/mol. The molecular weight excluding hydrogens is 368 g/mol. The molecule has 0 atom stereocenters. The highest BCUT2D eigenvalue weighted by Crippen LogP contribution is 2.26. The first kappa shape index (κ1) is 16.2. The number of methoxy groups -OCH3 is 1. The van der Waals surface area contributed by atoms with Gasteiger partial charge in [0.25, 0.3) is 5.91 Å². The first-order chi connectivity index (χ1) is 11.7. The molecule has 3 aromatic carbocycles. The monoisotopic (exact) mass is 382 g/mol. The molecule has 4 nitrogen and oxygen atoms in total. The van der Waals surface area contributed by atoms with Gasteiger partial charge in [0, 0.05) is 10.0 Å². The van der Waals surface area contributed by atoms with Crippen LogP contribution in [-0.4, -0.2) is 19.2 Å². The molecule has 0 fully saturated rings. The summed E-state index contributed by atoms with van der Waals surface area (Å²) in [5, 5.41) is 6.18. The number of carbonyl (C=O) groups is 1. The van der Waals surface area contributed by atoms with Crippen molar-refractivity contribution in [1.82, 2.24) is 5.43 Å². The van der Waals surface area contributed by atoms with Crippen molar-refractivity contribution in [3.63, 3.8) is 0 Å². The van der Waals surface area contributed by atoms with Gasteiger partial charge in [-0.05, 0) is 44.9 Å². The van der Waals surface area contributed by atoms with Crippen LogP contribution in [0.3, 0.4) is 0 Å². The van der Waals surface area contributed by atoms with Crippen molar-refractivity contribution in [2.24, 2.45) is 5.10 Å². The number of ether oxygens (including phenoxy) is 1. The molecule has 0 radical (unpaired) electrons. The number of benzene rings is 3. The van der Waals surface area contributed by atoms with E-state index < -0.39 is 0 Å². The molecule has 0 unspecified atom stereocenters. The first-order valence-corrected chi connectivity index (χ1v) is 8.13. The molecule has 3 aromatic rings. The summed E-state index contributed by atoms with van der Waals surface area (Å²) in [4.78, 5) is 12.2. The number of hydrogen-bond donors (Lipinski definition) is 1. The number of hydrogen-bond acceptors (Lipinski definition) is 3. The van der Waals surface area contributed by atoms with E-state index >= 15 is 0 Å². The minimum absolute atomic E-state index is 0.280. The van der Waals surface area contributed by atoms with Gasteiger partial charge in [-0.2, -0.15) is 5.10 Å². The quantitative estimate of drug-likeness (QED) is 0.537. The summed E-state index contributed by atoms with van der Waals surface area (Å²) in [6, 6.07) is 19.0. The van der Waals surface area contributed by atoms with Crippen molar-refractivity contribution in [1.29, 1.82) is 0 Å². The van der Waals surface area contributed by atoms with E-state index in [2.05, 4.69) is 26.5 Å². The Morgan fingerprint density at radius 1 is 1.08 bits per heavy atom. The Kier molecular flexibility index (Phi) is 4.91. The second-order valence-corrected chi connectivity index (χ2v) is 5.94. The van der Waals surface area contributed by atoms with Gasteiger partial charge >= 0.3 is 0 Å². The summed E-state index contributed by atoms with van der Waals surface area (Å²) in [5.74, 6) is 0.422. The molecular formula is C19H15BrN2O2. The lowest BCUT2D eigenvalue weighted by molar-refractivity contribution is 0.0954. The van der Waals surface area contributed by atoms with Gasteiger partial charge in [-0.15, -0.1) is 0 Å². The van der Waals surface area contributed by atoms with Gasteiger partial charge in [0.05, 0.1) is 18.9 Å². The third-order valence-corrected chi connectivity index (χ3v) is 4.32. The van der Waals surface area contributed by atoms with E-state index in [1.165, 1.54) is 0 Å². The topological polar surface area (TPSA) is 50.7 Å². The number of rotatable bonds is 4. The molecule has 0 heterocycles. The summed E-state index contributed by atoms with van der Waals surface area (Å²) in [6.07, 6.45) is 1.61. The Bertz CT molecular complexity index is 922. The highest BCUT2D eigenvalue weighted by atomic mass is 79.9. The fourth-order valence-corrected chi connectivity index (χ4v) is 2.91. The Morgan fingerprint density at radius 2 is 1.83 bits per heavy atom. The van der Waals surface area contributed by atoms with Gasteiger partial charge in [0.1, 0.15) is 5.75 Å². The van der Waals surface area contributed by atoms with Crippen LogP contribution in [0.15, 0.2) is 70.2 Å². The van der Waals surface area contributed by atoms with Crippen LogP contribution in [0.4, 0.5) is 0 Å². The summed E-state index contributed by atoms with van der Waals surface area (Å²) in [6.45, 7) is 0. The molecule has 0 spiro atoms. The van der Waals surface area contributed by atoms with E-state index in [-0.39, 0.29) is 5.91 Å². The number of amides is 1. The molecule has 0 saturated carbocycles. The summed E-state index contributed by atoms with van der Waals surface area (Å²) in [7, 11) is 1.61. The van der Waals surface area contributed by atoms with E-state index in [0.29, 0.717) is 11.3 Å². The fourth-order valence-electron chi connectivity index (χ4n) is 2.45. The van der Waals surface area contributed by atoms with Gasteiger partial charge in [0.15, 0.2) is 0 Å². The van der Waals surface area contributed by atoms with E-state index in [9.17, 15) is 4.79 Å². The van der Waals surface area contributed by atoms with Crippen LogP contribution in [0.2, 0.25) is 0 Å². The summed E-state index contributed by atoms with van der Waals surface area (Å²) >= 11 is 3.36. The van der Waals surface area contributed by atoms with Gasteiger partial charge < -0.3 is 4.74 Å². The zero-order chi connectivity index (χ0) is 16.9. The SMILES string of the molecule is COc1ccc2ccccc2c1/C=N/NC(=O)c1ccccc1Br. The highest BCUT2D eigenvalue weighted by molar-refractivity contribution is 9.10. The average Bonchev–Trinajstić information content (AvgIpc) is 2.62. The van der Waals surface area contributed by atoms with Crippen molar-refractivity contribution >= 4 is 38.8 Å². The minimum atomic E-state index is -0.280. The van der Waals surface area contributed by atoms with Crippen molar-refractivity contribution in [2.75, 3.05) is 7.11 Å². The Morgan fingerprint density at radius 3 is 2.62 bits per heavy atom. The normalized spacial score (nSPS) is 10.9. The van der Waals surface area contributed by atoms with Crippen molar-refractivity contribution in [3.05, 3.63) is 76.3 Å². The molecule has 0 aromatic heterocycles.